The molecule has 4 nitrogen and oxygen atoms in total. The first-order valence-electron chi connectivity index (χ1n) is 4.09. The molecule has 0 unspecified atom stereocenters. The molecular weight excluding hydrogens is 216 g/mol. The van der Waals surface area contributed by atoms with E-state index < -0.39 is 27.1 Å². The fourth-order valence-electron chi connectivity index (χ4n) is 1.03. The normalized spacial score (nSPS) is 13.1. The zero-order valence-electron chi connectivity index (χ0n) is 7.53. The predicted molar refractivity (Wildman–Crippen MR) is 47.8 cm³/mol. The van der Waals surface area contributed by atoms with E-state index in [1.54, 1.807) is 0 Å². The Labute approximate surface area is 78.1 Å². The third-order valence-electron chi connectivity index (χ3n) is 1.62. The van der Waals surface area contributed by atoms with Crippen LogP contribution < -0.4 is 4.44 Å². The Bertz CT molecular complexity index is 152. The molecule has 0 saturated carbocycles. The van der Waals surface area contributed by atoms with E-state index in [4.69, 9.17) is 9.55 Å². The van der Waals surface area contributed by atoms with Gasteiger partial charge in [-0.2, -0.15) is 0 Å². The molecule has 0 spiro atoms. The Kier molecular flexibility index (Phi) is 5.65. The quantitative estimate of drug-likeness (QED) is 0.581. The summed E-state index contributed by atoms with van der Waals surface area (Å²) in [6.45, 7) is 4.05. The molecule has 0 aromatic heterocycles. The number of aliphatic hydroxyl groups is 1. The van der Waals surface area contributed by atoms with Gasteiger partial charge in [-0.15, -0.1) is 0 Å². The van der Waals surface area contributed by atoms with Gasteiger partial charge < -0.3 is 0 Å². The van der Waals surface area contributed by atoms with Crippen LogP contribution in [-0.2, 0) is 4.79 Å². The summed E-state index contributed by atoms with van der Waals surface area (Å²) < 4.78 is 5.00. The second-order valence-corrected chi connectivity index (χ2v) is 8.85. The minimum atomic E-state index is -2.19. The van der Waals surface area contributed by atoms with Crippen LogP contribution in [0.15, 0.2) is 0 Å². The molecule has 0 heterocycles. The predicted octanol–water partition coefficient (Wildman–Crippen LogP) is -0.0326. The minimum absolute atomic E-state index is 0.187. The van der Waals surface area contributed by atoms with Crippen LogP contribution in [0.3, 0.4) is 0 Å². The molecule has 70 valence electrons. The molecule has 0 aliphatic carbocycles. The number of hydrogen-bond donors (Lipinski definition) is 3. The first kappa shape index (κ1) is 12.0. The molecule has 0 fully saturated rings. The van der Waals surface area contributed by atoms with Crippen LogP contribution in [0.2, 0.25) is 4.98 Å². The van der Waals surface area contributed by atoms with E-state index in [-0.39, 0.29) is 6.42 Å². The zero-order chi connectivity index (χ0) is 9.72. The van der Waals surface area contributed by atoms with Gasteiger partial charge in [0.15, 0.2) is 0 Å². The third-order valence-corrected chi connectivity index (χ3v) is 7.31. The van der Waals surface area contributed by atoms with Crippen molar-refractivity contribution in [2.24, 2.45) is 10.4 Å². The van der Waals surface area contributed by atoms with Crippen LogP contribution in [-0.4, -0.2) is 37.3 Å². The SMILES string of the molecule is CC(C)[CH2][Ga]([NH2])[C@@H](O)CC(=O)O. The molecule has 0 rings (SSSR count). The van der Waals surface area contributed by atoms with Crippen molar-refractivity contribution >= 4 is 22.4 Å². The first-order chi connectivity index (χ1) is 5.43. The third kappa shape index (κ3) is 5.65. The molecule has 4 N–H and O–H groups in total. The van der Waals surface area contributed by atoms with Crippen molar-refractivity contribution in [1.82, 2.24) is 0 Å². The van der Waals surface area contributed by atoms with Crippen LogP contribution in [0.25, 0.3) is 0 Å². The van der Waals surface area contributed by atoms with Crippen molar-refractivity contribution in [3.05, 3.63) is 0 Å². The number of aliphatic carboxylic acids is 1. The van der Waals surface area contributed by atoms with E-state index in [9.17, 15) is 9.90 Å². The molecule has 0 aromatic rings. The fourth-order valence-corrected chi connectivity index (χ4v) is 5.03. The standard InChI is InChI=1S/C4H9.C3H5O3.Ga.H2N/c1-4(2)3;4-2-1-3(5)6;;/h4H,1H2,2-3H3;2,4H,1H2,(H,5,6);;1H2/q;;+1;-1. The fraction of sp³-hybridized carbons (Fsp3) is 0.857. The molecule has 0 bridgehead atoms. The van der Waals surface area contributed by atoms with Gasteiger partial charge in [-0.3, -0.25) is 0 Å². The summed E-state index contributed by atoms with van der Waals surface area (Å²) in [5.74, 6) is -0.504. The summed E-state index contributed by atoms with van der Waals surface area (Å²) in [7, 11) is 0. The molecule has 0 aliphatic rings. The number of carboxylic acid groups (broad SMARTS) is 1. The van der Waals surface area contributed by atoms with Gasteiger partial charge in [0.05, 0.1) is 0 Å². The summed E-state index contributed by atoms with van der Waals surface area (Å²) >= 11 is -2.19. The molecule has 0 saturated heterocycles. The Hall–Kier alpha value is 0.0264. The van der Waals surface area contributed by atoms with E-state index >= 15 is 0 Å². The van der Waals surface area contributed by atoms with Crippen molar-refractivity contribution in [1.29, 1.82) is 0 Å². The summed E-state index contributed by atoms with van der Waals surface area (Å²) in [6, 6.07) is 0. The number of rotatable bonds is 5. The van der Waals surface area contributed by atoms with Gasteiger partial charge >= 0.3 is 77.7 Å². The van der Waals surface area contributed by atoms with Gasteiger partial charge in [-0.25, -0.2) is 0 Å². The van der Waals surface area contributed by atoms with Crippen LogP contribution in [0, 0.1) is 5.92 Å². The Morgan fingerprint density at radius 3 is 2.42 bits per heavy atom. The summed E-state index contributed by atoms with van der Waals surface area (Å²) in [5.41, 5.74) is 0. The van der Waals surface area contributed by atoms with Crippen LogP contribution >= 0.6 is 0 Å². The van der Waals surface area contributed by atoms with Gasteiger partial charge in [0.1, 0.15) is 0 Å². The van der Waals surface area contributed by atoms with Crippen molar-refractivity contribution < 1.29 is 15.0 Å². The number of carboxylic acids is 1. The van der Waals surface area contributed by atoms with Crippen molar-refractivity contribution in [3.8, 4) is 0 Å². The monoisotopic (exact) mass is 231 g/mol. The molecular formula is C7H16GaNO3. The average Bonchev–Trinajstić information content (AvgIpc) is 1.84. The van der Waals surface area contributed by atoms with E-state index in [0.29, 0.717) is 5.92 Å². The summed E-state index contributed by atoms with van der Waals surface area (Å²) in [6.07, 6.45) is -0.187. The van der Waals surface area contributed by atoms with Gasteiger partial charge in [0, 0.05) is 0 Å². The second kappa shape index (κ2) is 5.63. The van der Waals surface area contributed by atoms with E-state index in [1.807, 2.05) is 13.8 Å². The van der Waals surface area contributed by atoms with Crippen molar-refractivity contribution in [2.75, 3.05) is 0 Å². The van der Waals surface area contributed by atoms with Gasteiger partial charge in [0.2, 0.25) is 0 Å². The van der Waals surface area contributed by atoms with Gasteiger partial charge in [-0.1, -0.05) is 0 Å². The molecule has 0 amide bonds. The molecule has 0 aromatic carbocycles. The average molecular weight is 232 g/mol. The summed E-state index contributed by atoms with van der Waals surface area (Å²) in [4.78, 5) is 11.0. The molecule has 12 heavy (non-hydrogen) atoms. The van der Waals surface area contributed by atoms with Crippen LogP contribution in [0.1, 0.15) is 20.3 Å². The number of aliphatic hydroxyl groups excluding tert-OH is 1. The zero-order valence-corrected chi connectivity index (χ0v) is 9.95. The summed E-state index contributed by atoms with van der Waals surface area (Å²) in [5, 5.41) is 17.7. The van der Waals surface area contributed by atoms with Crippen LogP contribution in [0.4, 0.5) is 0 Å². The Morgan fingerprint density at radius 2 is 2.08 bits per heavy atom. The topological polar surface area (TPSA) is 83.5 Å². The molecule has 5 heteroatoms. The molecule has 0 aliphatic heterocycles. The number of carbonyl (C=O) groups is 1. The Morgan fingerprint density at radius 1 is 1.58 bits per heavy atom. The van der Waals surface area contributed by atoms with E-state index in [2.05, 4.69) is 0 Å². The Balaban J connectivity index is 3.76. The maximum atomic E-state index is 10.2. The first-order valence-corrected chi connectivity index (χ1v) is 8.60. The molecule has 0 radical (unpaired) electrons. The van der Waals surface area contributed by atoms with Crippen molar-refractivity contribution in [3.63, 3.8) is 0 Å². The molecule has 1 atom stereocenters. The maximum absolute atomic E-state index is 10.2. The van der Waals surface area contributed by atoms with Gasteiger partial charge in [0.25, 0.3) is 0 Å². The number of nitrogens with two attached hydrogens (primary N) is 1. The van der Waals surface area contributed by atoms with Gasteiger partial charge in [-0.05, 0) is 0 Å². The van der Waals surface area contributed by atoms with E-state index in [0.717, 1.165) is 4.98 Å². The van der Waals surface area contributed by atoms with Crippen molar-refractivity contribution in [2.45, 2.75) is 29.9 Å². The second-order valence-electron chi connectivity index (χ2n) is 3.46. The van der Waals surface area contributed by atoms with E-state index in [1.165, 1.54) is 0 Å². The number of hydrogen-bond acceptors (Lipinski definition) is 3. The van der Waals surface area contributed by atoms with Crippen LogP contribution in [0.5, 0.6) is 0 Å².